The fourth-order valence-corrected chi connectivity index (χ4v) is 2.17. The van der Waals surface area contributed by atoms with E-state index in [1.54, 1.807) is 7.11 Å². The number of ether oxygens (including phenoxy) is 3. The van der Waals surface area contributed by atoms with Crippen LogP contribution in [0.15, 0.2) is 24.3 Å². The lowest BCUT2D eigenvalue weighted by atomic mass is 10.1. The summed E-state index contributed by atoms with van der Waals surface area (Å²) in [6.07, 6.45) is 5.44. The Morgan fingerprint density at radius 2 is 2.00 bits per heavy atom. The molecule has 3 nitrogen and oxygen atoms in total. The Balaban J connectivity index is 1.77. The predicted octanol–water partition coefficient (Wildman–Crippen LogP) is 3.56. The number of epoxide rings is 1. The van der Waals surface area contributed by atoms with Gasteiger partial charge in [0.2, 0.25) is 0 Å². The van der Waals surface area contributed by atoms with E-state index in [9.17, 15) is 0 Å². The van der Waals surface area contributed by atoms with E-state index in [-0.39, 0.29) is 6.10 Å². The van der Waals surface area contributed by atoms with Crippen molar-refractivity contribution < 1.29 is 14.2 Å². The summed E-state index contributed by atoms with van der Waals surface area (Å²) in [5.41, 5.74) is 1.18. The summed E-state index contributed by atoms with van der Waals surface area (Å²) in [5, 5.41) is 0. The molecule has 1 aliphatic rings. The molecule has 19 heavy (non-hydrogen) atoms. The Labute approximate surface area is 115 Å². The van der Waals surface area contributed by atoms with Crippen LogP contribution in [0, 0.1) is 0 Å². The van der Waals surface area contributed by atoms with E-state index in [1.807, 2.05) is 12.1 Å². The first kappa shape index (κ1) is 14.4. The van der Waals surface area contributed by atoms with Gasteiger partial charge in [0.1, 0.15) is 11.9 Å². The summed E-state index contributed by atoms with van der Waals surface area (Å²) in [6.45, 7) is 3.74. The minimum absolute atomic E-state index is 0.258. The van der Waals surface area contributed by atoms with Crippen LogP contribution >= 0.6 is 0 Å². The lowest BCUT2D eigenvalue weighted by molar-refractivity contribution is 0.0149. The number of rotatable bonds is 9. The van der Waals surface area contributed by atoms with Crippen LogP contribution in [-0.4, -0.2) is 25.9 Å². The van der Waals surface area contributed by atoms with E-state index in [0.717, 1.165) is 18.8 Å². The summed E-state index contributed by atoms with van der Waals surface area (Å²) in [6, 6.07) is 8.04. The third-order valence-electron chi connectivity index (χ3n) is 3.49. The first-order chi connectivity index (χ1) is 9.33. The van der Waals surface area contributed by atoms with Crippen molar-refractivity contribution in [3.63, 3.8) is 0 Å². The Bertz CT molecular complexity index is 357. The predicted molar refractivity (Wildman–Crippen MR) is 75.5 cm³/mol. The van der Waals surface area contributed by atoms with Crippen molar-refractivity contribution in [2.75, 3.05) is 13.7 Å². The summed E-state index contributed by atoms with van der Waals surface area (Å²) in [7, 11) is 1.68. The zero-order chi connectivity index (χ0) is 13.5. The van der Waals surface area contributed by atoms with E-state index in [0.29, 0.717) is 12.7 Å². The molecule has 1 aliphatic heterocycles. The van der Waals surface area contributed by atoms with Gasteiger partial charge in [-0.15, -0.1) is 0 Å². The van der Waals surface area contributed by atoms with Gasteiger partial charge in [-0.1, -0.05) is 38.3 Å². The molecule has 0 amide bonds. The first-order valence-electron chi connectivity index (χ1n) is 7.19. The molecular weight excluding hydrogens is 240 g/mol. The molecule has 0 unspecified atom stereocenters. The van der Waals surface area contributed by atoms with Crippen molar-refractivity contribution in [3.8, 4) is 5.75 Å². The fourth-order valence-electron chi connectivity index (χ4n) is 2.17. The molecule has 0 aliphatic carbocycles. The molecule has 106 valence electrons. The molecule has 1 fully saturated rings. The number of benzene rings is 1. The van der Waals surface area contributed by atoms with Gasteiger partial charge >= 0.3 is 0 Å². The van der Waals surface area contributed by atoms with Crippen LogP contribution in [0.4, 0.5) is 0 Å². The van der Waals surface area contributed by atoms with Gasteiger partial charge < -0.3 is 14.2 Å². The molecule has 1 aromatic carbocycles. The van der Waals surface area contributed by atoms with E-state index in [1.165, 1.54) is 24.8 Å². The smallest absolute Gasteiger partial charge is 0.118 e. The normalized spacial score (nSPS) is 19.2. The second kappa shape index (κ2) is 7.51. The van der Waals surface area contributed by atoms with Crippen molar-refractivity contribution >= 4 is 0 Å². The van der Waals surface area contributed by atoms with Crippen LogP contribution in [0.5, 0.6) is 5.75 Å². The minimum atomic E-state index is 0.258. The van der Waals surface area contributed by atoms with Gasteiger partial charge in [-0.3, -0.25) is 0 Å². The molecule has 0 radical (unpaired) electrons. The molecule has 0 spiro atoms. The molecule has 0 aromatic heterocycles. The van der Waals surface area contributed by atoms with Crippen molar-refractivity contribution in [1.82, 2.24) is 0 Å². The van der Waals surface area contributed by atoms with Gasteiger partial charge in [0, 0.05) is 0 Å². The fraction of sp³-hybridized carbons (Fsp3) is 0.625. The van der Waals surface area contributed by atoms with Gasteiger partial charge in [0.05, 0.1) is 26.4 Å². The average Bonchev–Trinajstić information content (AvgIpc) is 3.28. The van der Waals surface area contributed by atoms with Crippen molar-refractivity contribution in [1.29, 1.82) is 0 Å². The van der Waals surface area contributed by atoms with Gasteiger partial charge in [0.25, 0.3) is 0 Å². The van der Waals surface area contributed by atoms with Gasteiger partial charge in [0.15, 0.2) is 0 Å². The monoisotopic (exact) mass is 264 g/mol. The number of unbranched alkanes of at least 4 members (excludes halogenated alkanes) is 2. The van der Waals surface area contributed by atoms with Crippen LogP contribution in [0.2, 0.25) is 0 Å². The Morgan fingerprint density at radius 3 is 2.58 bits per heavy atom. The van der Waals surface area contributed by atoms with Crippen LogP contribution in [0.1, 0.15) is 38.2 Å². The van der Waals surface area contributed by atoms with E-state index in [4.69, 9.17) is 14.2 Å². The molecule has 0 N–H and O–H groups in total. The van der Waals surface area contributed by atoms with E-state index < -0.39 is 0 Å². The molecule has 0 saturated carbocycles. The molecule has 0 bridgehead atoms. The van der Waals surface area contributed by atoms with Crippen molar-refractivity contribution in [3.05, 3.63) is 29.8 Å². The number of hydrogen-bond donors (Lipinski definition) is 0. The summed E-state index contributed by atoms with van der Waals surface area (Å²) in [5.74, 6) is 0.883. The Kier molecular flexibility index (Phi) is 5.67. The van der Waals surface area contributed by atoms with Crippen molar-refractivity contribution in [2.24, 2.45) is 0 Å². The zero-order valence-corrected chi connectivity index (χ0v) is 11.9. The third kappa shape index (κ3) is 4.84. The maximum Gasteiger partial charge on any atom is 0.118 e. The molecular formula is C16H24O3. The van der Waals surface area contributed by atoms with Crippen LogP contribution < -0.4 is 4.74 Å². The molecule has 1 heterocycles. The molecule has 2 atom stereocenters. The van der Waals surface area contributed by atoms with Gasteiger partial charge in [-0.05, 0) is 24.1 Å². The molecule has 2 rings (SSSR count). The highest BCUT2D eigenvalue weighted by molar-refractivity contribution is 5.26. The lowest BCUT2D eigenvalue weighted by Crippen LogP contribution is -2.19. The van der Waals surface area contributed by atoms with Crippen molar-refractivity contribution in [2.45, 2.75) is 51.4 Å². The highest BCUT2D eigenvalue weighted by Crippen LogP contribution is 2.23. The highest BCUT2D eigenvalue weighted by Gasteiger charge is 2.32. The average molecular weight is 264 g/mol. The third-order valence-corrected chi connectivity index (χ3v) is 3.49. The van der Waals surface area contributed by atoms with E-state index in [2.05, 4.69) is 19.1 Å². The summed E-state index contributed by atoms with van der Waals surface area (Å²) >= 11 is 0. The van der Waals surface area contributed by atoms with Crippen LogP contribution in [0.25, 0.3) is 0 Å². The maximum absolute atomic E-state index is 6.01. The molecule has 1 saturated heterocycles. The zero-order valence-electron chi connectivity index (χ0n) is 11.9. The topological polar surface area (TPSA) is 31.0 Å². The summed E-state index contributed by atoms with van der Waals surface area (Å²) in [4.78, 5) is 0. The molecule has 3 heteroatoms. The van der Waals surface area contributed by atoms with Gasteiger partial charge in [-0.25, -0.2) is 0 Å². The Hall–Kier alpha value is -1.06. The lowest BCUT2D eigenvalue weighted by Gasteiger charge is -2.15. The summed E-state index contributed by atoms with van der Waals surface area (Å²) < 4.78 is 16.5. The quantitative estimate of drug-likeness (QED) is 0.505. The standard InChI is InChI=1S/C16H24O3/c1-3-4-5-6-15(16-12-19-16)18-11-13-7-9-14(17-2)10-8-13/h7-10,15-16H,3-6,11-12H2,1-2H3/t15-,16+/m1/s1. The number of methoxy groups -OCH3 is 1. The molecule has 1 aromatic rings. The second-order valence-corrected chi connectivity index (χ2v) is 5.07. The highest BCUT2D eigenvalue weighted by atomic mass is 16.6. The second-order valence-electron chi connectivity index (χ2n) is 5.07. The van der Waals surface area contributed by atoms with Gasteiger partial charge in [-0.2, -0.15) is 0 Å². The minimum Gasteiger partial charge on any atom is -0.497 e. The van der Waals surface area contributed by atoms with Crippen LogP contribution in [-0.2, 0) is 16.1 Å². The maximum atomic E-state index is 6.01. The SMILES string of the molecule is CCCCC[C@@H](OCc1ccc(OC)cc1)[C@@H]1CO1. The largest absolute Gasteiger partial charge is 0.497 e. The van der Waals surface area contributed by atoms with Crippen LogP contribution in [0.3, 0.4) is 0 Å². The first-order valence-corrected chi connectivity index (χ1v) is 7.19. The number of hydrogen-bond acceptors (Lipinski definition) is 3. The Morgan fingerprint density at radius 1 is 1.26 bits per heavy atom. The van der Waals surface area contributed by atoms with E-state index >= 15 is 0 Å².